The van der Waals surface area contributed by atoms with Crippen molar-refractivity contribution in [2.24, 2.45) is 5.84 Å². The van der Waals surface area contributed by atoms with Crippen molar-refractivity contribution >= 4 is 23.3 Å². The molecule has 0 aromatic heterocycles. The van der Waals surface area contributed by atoms with Crippen LogP contribution in [-0.4, -0.2) is 32.6 Å². The van der Waals surface area contributed by atoms with E-state index in [9.17, 15) is 9.59 Å². The highest BCUT2D eigenvalue weighted by Gasteiger charge is 2.23. The number of hydrogen-bond donors (Lipinski definition) is 2. The molecule has 7 heteroatoms. The average molecular weight is 250 g/mol. The van der Waals surface area contributed by atoms with Crippen LogP contribution in [0.15, 0.2) is 18.2 Å². The van der Waals surface area contributed by atoms with Gasteiger partial charge in [-0.2, -0.15) is 0 Å². The number of rotatable bonds is 1. The molecule has 0 bridgehead atoms. The summed E-state index contributed by atoms with van der Waals surface area (Å²) in [5.41, 5.74) is 3.28. The lowest BCUT2D eigenvalue weighted by molar-refractivity contribution is -0.120. The summed E-state index contributed by atoms with van der Waals surface area (Å²) in [6.07, 6.45) is 0. The Hall–Kier alpha value is -2.28. The lowest BCUT2D eigenvalue weighted by Gasteiger charge is -2.27. The summed E-state index contributed by atoms with van der Waals surface area (Å²) in [6, 6.07) is 4.69. The van der Waals surface area contributed by atoms with Crippen LogP contribution in [0.2, 0.25) is 0 Å². The largest absolute Gasteiger partial charge is 0.482 e. The standard InChI is InChI=1S/C11H14N4O3/c1-14(11(17)13-12)7-3-4-9-8(5-7)15(2)10(16)6-18-9/h3-5H,6,12H2,1-2H3,(H,13,17). The van der Waals surface area contributed by atoms with E-state index in [0.29, 0.717) is 17.1 Å². The van der Waals surface area contributed by atoms with Crippen molar-refractivity contribution in [2.75, 3.05) is 30.5 Å². The number of likely N-dealkylation sites (N-methyl/N-ethyl adjacent to an activating group) is 1. The number of nitrogens with one attached hydrogen (secondary N) is 1. The number of nitrogens with zero attached hydrogens (tertiary/aromatic N) is 2. The average Bonchev–Trinajstić information content (AvgIpc) is 2.41. The minimum atomic E-state index is -0.444. The second-order valence-electron chi connectivity index (χ2n) is 3.90. The van der Waals surface area contributed by atoms with Gasteiger partial charge in [0, 0.05) is 19.8 Å². The van der Waals surface area contributed by atoms with Gasteiger partial charge in [-0.3, -0.25) is 15.1 Å². The van der Waals surface area contributed by atoms with E-state index >= 15 is 0 Å². The van der Waals surface area contributed by atoms with Crippen molar-refractivity contribution in [2.45, 2.75) is 0 Å². The fourth-order valence-corrected chi connectivity index (χ4v) is 1.68. The Balaban J connectivity index is 2.37. The highest BCUT2D eigenvalue weighted by Crippen LogP contribution is 2.34. The lowest BCUT2D eigenvalue weighted by atomic mass is 10.2. The topological polar surface area (TPSA) is 87.9 Å². The van der Waals surface area contributed by atoms with Gasteiger partial charge in [-0.1, -0.05) is 0 Å². The Bertz CT molecular complexity index is 503. The lowest BCUT2D eigenvalue weighted by Crippen LogP contribution is -2.41. The monoisotopic (exact) mass is 250 g/mol. The van der Waals surface area contributed by atoms with Gasteiger partial charge in [0.1, 0.15) is 5.75 Å². The Morgan fingerprint density at radius 1 is 1.56 bits per heavy atom. The first-order valence-electron chi connectivity index (χ1n) is 5.32. The number of carbonyl (C=O) groups excluding carboxylic acids is 2. The molecule has 2 rings (SSSR count). The summed E-state index contributed by atoms with van der Waals surface area (Å²) < 4.78 is 5.29. The quantitative estimate of drug-likeness (QED) is 0.419. The van der Waals surface area contributed by atoms with Crippen LogP contribution in [0.3, 0.4) is 0 Å². The summed E-state index contributed by atoms with van der Waals surface area (Å²) in [4.78, 5) is 25.8. The number of hydrogen-bond acceptors (Lipinski definition) is 4. The van der Waals surface area contributed by atoms with Gasteiger partial charge >= 0.3 is 6.03 Å². The molecule has 0 spiro atoms. The second kappa shape index (κ2) is 4.53. The molecule has 0 saturated carbocycles. The predicted molar refractivity (Wildman–Crippen MR) is 66.5 cm³/mol. The van der Waals surface area contributed by atoms with Crippen molar-refractivity contribution in [1.29, 1.82) is 0 Å². The Morgan fingerprint density at radius 3 is 2.94 bits per heavy atom. The van der Waals surface area contributed by atoms with Gasteiger partial charge in [0.2, 0.25) is 0 Å². The summed E-state index contributed by atoms with van der Waals surface area (Å²) in [7, 11) is 3.24. The van der Waals surface area contributed by atoms with Gasteiger partial charge in [-0.05, 0) is 18.2 Å². The van der Waals surface area contributed by atoms with Crippen LogP contribution in [0.5, 0.6) is 5.75 Å². The van der Waals surface area contributed by atoms with Crippen LogP contribution in [0.25, 0.3) is 0 Å². The first-order valence-corrected chi connectivity index (χ1v) is 5.32. The molecule has 1 aliphatic heterocycles. The van der Waals surface area contributed by atoms with E-state index in [4.69, 9.17) is 10.6 Å². The minimum Gasteiger partial charge on any atom is -0.482 e. The molecule has 0 aliphatic carbocycles. The van der Waals surface area contributed by atoms with Crippen LogP contribution in [0.4, 0.5) is 16.2 Å². The molecule has 0 unspecified atom stereocenters. The SMILES string of the molecule is CN(C(=O)NN)c1ccc2c(c1)N(C)C(=O)CO2. The molecule has 1 heterocycles. The molecule has 0 fully saturated rings. The van der Waals surface area contributed by atoms with Gasteiger partial charge in [-0.15, -0.1) is 0 Å². The molecule has 96 valence electrons. The number of ether oxygens (including phenoxy) is 1. The zero-order valence-electron chi connectivity index (χ0n) is 10.1. The van der Waals surface area contributed by atoms with Crippen LogP contribution in [-0.2, 0) is 4.79 Å². The predicted octanol–water partition coefficient (Wildman–Crippen LogP) is 0.0613. The van der Waals surface area contributed by atoms with Crippen LogP contribution >= 0.6 is 0 Å². The Morgan fingerprint density at radius 2 is 2.28 bits per heavy atom. The van der Waals surface area contributed by atoms with Gasteiger partial charge in [-0.25, -0.2) is 10.6 Å². The first kappa shape index (κ1) is 12.2. The highest BCUT2D eigenvalue weighted by molar-refractivity contribution is 5.99. The number of carbonyl (C=O) groups is 2. The summed E-state index contributed by atoms with van der Waals surface area (Å²) >= 11 is 0. The van der Waals surface area contributed by atoms with Crippen molar-refractivity contribution in [3.05, 3.63) is 18.2 Å². The fraction of sp³-hybridized carbons (Fsp3) is 0.273. The molecule has 18 heavy (non-hydrogen) atoms. The zero-order valence-corrected chi connectivity index (χ0v) is 10.1. The summed E-state index contributed by atoms with van der Waals surface area (Å²) in [6.45, 7) is 0.0297. The smallest absolute Gasteiger partial charge is 0.335 e. The fourth-order valence-electron chi connectivity index (χ4n) is 1.68. The minimum absolute atomic E-state index is 0.0297. The van der Waals surface area contributed by atoms with E-state index in [0.717, 1.165) is 0 Å². The van der Waals surface area contributed by atoms with E-state index in [1.165, 1.54) is 9.80 Å². The number of urea groups is 1. The number of fused-ring (bicyclic) bond motifs is 1. The normalized spacial score (nSPS) is 13.7. The van der Waals surface area contributed by atoms with E-state index in [1.807, 2.05) is 5.43 Å². The van der Waals surface area contributed by atoms with Crippen molar-refractivity contribution in [3.8, 4) is 5.75 Å². The van der Waals surface area contributed by atoms with E-state index in [-0.39, 0.29) is 12.5 Å². The number of anilines is 2. The number of nitrogens with two attached hydrogens (primary N) is 1. The Kier molecular flexibility index (Phi) is 3.07. The molecular weight excluding hydrogens is 236 g/mol. The molecule has 0 atom stereocenters. The van der Waals surface area contributed by atoms with E-state index in [2.05, 4.69) is 0 Å². The van der Waals surface area contributed by atoms with Gasteiger partial charge < -0.3 is 9.64 Å². The maximum atomic E-state index is 11.5. The third-order valence-corrected chi connectivity index (χ3v) is 2.84. The third-order valence-electron chi connectivity index (χ3n) is 2.84. The molecule has 0 radical (unpaired) electrons. The van der Waals surface area contributed by atoms with Gasteiger partial charge in [0.05, 0.1) is 5.69 Å². The number of amides is 3. The van der Waals surface area contributed by atoms with Gasteiger partial charge in [0.15, 0.2) is 6.61 Å². The maximum absolute atomic E-state index is 11.5. The zero-order chi connectivity index (χ0) is 13.3. The highest BCUT2D eigenvalue weighted by atomic mass is 16.5. The molecule has 3 amide bonds. The third kappa shape index (κ3) is 1.95. The van der Waals surface area contributed by atoms with E-state index in [1.54, 1.807) is 32.3 Å². The molecule has 1 aliphatic rings. The molecular formula is C11H14N4O3. The van der Waals surface area contributed by atoms with Crippen molar-refractivity contribution < 1.29 is 14.3 Å². The first-order chi connectivity index (χ1) is 8.54. The van der Waals surface area contributed by atoms with Crippen molar-refractivity contribution in [3.63, 3.8) is 0 Å². The summed E-state index contributed by atoms with van der Waals surface area (Å²) in [5.74, 6) is 5.55. The van der Waals surface area contributed by atoms with E-state index < -0.39 is 6.03 Å². The van der Waals surface area contributed by atoms with Crippen molar-refractivity contribution in [1.82, 2.24) is 5.43 Å². The number of hydrazine groups is 1. The van der Waals surface area contributed by atoms with Crippen LogP contribution < -0.4 is 25.8 Å². The van der Waals surface area contributed by atoms with Crippen LogP contribution in [0, 0.1) is 0 Å². The molecule has 7 nitrogen and oxygen atoms in total. The molecule has 1 aromatic carbocycles. The molecule has 1 aromatic rings. The molecule has 3 N–H and O–H groups in total. The second-order valence-corrected chi connectivity index (χ2v) is 3.90. The summed E-state index contributed by atoms with van der Waals surface area (Å²) in [5, 5.41) is 0. The van der Waals surface area contributed by atoms with Gasteiger partial charge in [0.25, 0.3) is 5.91 Å². The molecule has 0 saturated heterocycles. The Labute approximate surface area is 104 Å². The maximum Gasteiger partial charge on any atom is 0.335 e. The number of benzene rings is 1. The van der Waals surface area contributed by atoms with Crippen LogP contribution in [0.1, 0.15) is 0 Å².